The maximum absolute atomic E-state index is 11.5. The standard InChI is InChI=1S/C13H20N4O3/c1-20-7-6-15-11(18)4-5-14-10-8-12(19)17-13(16-10)9-2-3-9/h8-9H,2-7H2,1H3,(H,15,18)(H2,14,16,17,19). The predicted octanol–water partition coefficient (Wildman–Crippen LogP) is 0.212. The minimum absolute atomic E-state index is 0.0539. The van der Waals surface area contributed by atoms with Gasteiger partial charge in [0.2, 0.25) is 5.91 Å². The molecule has 0 aliphatic heterocycles. The van der Waals surface area contributed by atoms with E-state index in [4.69, 9.17) is 4.74 Å². The molecule has 1 amide bonds. The van der Waals surface area contributed by atoms with Crippen molar-refractivity contribution < 1.29 is 9.53 Å². The van der Waals surface area contributed by atoms with Crippen LogP contribution in [0.2, 0.25) is 0 Å². The van der Waals surface area contributed by atoms with Crippen LogP contribution in [0.3, 0.4) is 0 Å². The average molecular weight is 280 g/mol. The Bertz CT molecular complexity index is 511. The number of anilines is 1. The lowest BCUT2D eigenvalue weighted by Gasteiger charge is -2.07. The van der Waals surface area contributed by atoms with Crippen molar-refractivity contribution in [3.05, 3.63) is 22.2 Å². The number of hydrogen-bond acceptors (Lipinski definition) is 5. The molecule has 1 aliphatic rings. The van der Waals surface area contributed by atoms with Crippen LogP contribution < -0.4 is 16.2 Å². The van der Waals surface area contributed by atoms with Crippen LogP contribution in [0.1, 0.15) is 31.0 Å². The molecule has 110 valence electrons. The van der Waals surface area contributed by atoms with Crippen molar-refractivity contribution in [1.82, 2.24) is 15.3 Å². The molecule has 7 heteroatoms. The maximum atomic E-state index is 11.5. The van der Waals surface area contributed by atoms with Gasteiger partial charge in [-0.3, -0.25) is 9.59 Å². The molecule has 0 atom stereocenters. The monoisotopic (exact) mass is 280 g/mol. The summed E-state index contributed by atoms with van der Waals surface area (Å²) in [7, 11) is 1.59. The molecule has 7 nitrogen and oxygen atoms in total. The minimum Gasteiger partial charge on any atom is -0.383 e. The normalized spacial score (nSPS) is 14.1. The molecule has 1 fully saturated rings. The second kappa shape index (κ2) is 7.04. The summed E-state index contributed by atoms with van der Waals surface area (Å²) in [6.45, 7) is 1.45. The van der Waals surface area contributed by atoms with E-state index in [-0.39, 0.29) is 11.5 Å². The lowest BCUT2D eigenvalue weighted by atomic mass is 10.3. The van der Waals surface area contributed by atoms with Gasteiger partial charge in [-0.05, 0) is 12.8 Å². The molecule has 3 N–H and O–H groups in total. The number of carbonyl (C=O) groups excluding carboxylic acids is 1. The van der Waals surface area contributed by atoms with Crippen LogP contribution >= 0.6 is 0 Å². The van der Waals surface area contributed by atoms with Gasteiger partial charge in [0.25, 0.3) is 5.56 Å². The van der Waals surface area contributed by atoms with Gasteiger partial charge in [0.05, 0.1) is 6.61 Å². The smallest absolute Gasteiger partial charge is 0.252 e. The first kappa shape index (κ1) is 14.5. The lowest BCUT2D eigenvalue weighted by molar-refractivity contribution is -0.121. The van der Waals surface area contributed by atoms with E-state index in [1.165, 1.54) is 6.07 Å². The molecule has 0 radical (unpaired) electrons. The van der Waals surface area contributed by atoms with Gasteiger partial charge in [0.1, 0.15) is 11.6 Å². The van der Waals surface area contributed by atoms with Crippen molar-refractivity contribution in [2.24, 2.45) is 0 Å². The van der Waals surface area contributed by atoms with Gasteiger partial charge >= 0.3 is 0 Å². The van der Waals surface area contributed by atoms with E-state index in [1.54, 1.807) is 7.11 Å². The summed E-state index contributed by atoms with van der Waals surface area (Å²) in [6.07, 6.45) is 2.49. The predicted molar refractivity (Wildman–Crippen MR) is 74.8 cm³/mol. The highest BCUT2D eigenvalue weighted by Gasteiger charge is 2.26. The Morgan fingerprint density at radius 1 is 1.50 bits per heavy atom. The Morgan fingerprint density at radius 3 is 3.00 bits per heavy atom. The van der Waals surface area contributed by atoms with Crippen molar-refractivity contribution in [2.75, 3.05) is 32.1 Å². The van der Waals surface area contributed by atoms with Gasteiger partial charge < -0.3 is 20.4 Å². The fourth-order valence-corrected chi connectivity index (χ4v) is 1.80. The molecule has 20 heavy (non-hydrogen) atoms. The summed E-state index contributed by atoms with van der Waals surface area (Å²) in [5.41, 5.74) is -0.158. The molecule has 1 aromatic heterocycles. The van der Waals surface area contributed by atoms with E-state index in [1.807, 2.05) is 0 Å². The molecule has 0 unspecified atom stereocenters. The fraction of sp³-hybridized carbons (Fsp3) is 0.615. The van der Waals surface area contributed by atoms with Crippen LogP contribution in [0.4, 0.5) is 5.82 Å². The van der Waals surface area contributed by atoms with E-state index in [9.17, 15) is 9.59 Å². The summed E-state index contributed by atoms with van der Waals surface area (Å²) in [5.74, 6) is 1.61. The van der Waals surface area contributed by atoms with E-state index >= 15 is 0 Å². The van der Waals surface area contributed by atoms with E-state index in [0.717, 1.165) is 18.7 Å². The number of hydrogen-bond donors (Lipinski definition) is 3. The highest BCUT2D eigenvalue weighted by atomic mass is 16.5. The van der Waals surface area contributed by atoms with Gasteiger partial charge in [-0.25, -0.2) is 4.98 Å². The number of methoxy groups -OCH3 is 1. The summed E-state index contributed by atoms with van der Waals surface area (Å²) < 4.78 is 4.84. The summed E-state index contributed by atoms with van der Waals surface area (Å²) in [4.78, 5) is 30.0. The minimum atomic E-state index is -0.158. The van der Waals surface area contributed by atoms with Crippen molar-refractivity contribution in [1.29, 1.82) is 0 Å². The van der Waals surface area contributed by atoms with Crippen LogP contribution in [0.25, 0.3) is 0 Å². The molecule has 1 aliphatic carbocycles. The third-order valence-corrected chi connectivity index (χ3v) is 3.01. The number of aromatic amines is 1. The Morgan fingerprint density at radius 2 is 2.30 bits per heavy atom. The molecule has 0 bridgehead atoms. The van der Waals surface area contributed by atoms with Crippen LogP contribution in [0.15, 0.2) is 10.9 Å². The quantitative estimate of drug-likeness (QED) is 0.592. The topological polar surface area (TPSA) is 96.1 Å². The van der Waals surface area contributed by atoms with Gasteiger partial charge in [-0.15, -0.1) is 0 Å². The van der Waals surface area contributed by atoms with Crippen LogP contribution in [0.5, 0.6) is 0 Å². The average Bonchev–Trinajstić information content (AvgIpc) is 3.22. The first-order chi connectivity index (χ1) is 9.69. The Labute approximate surface area is 117 Å². The van der Waals surface area contributed by atoms with Crippen molar-refractivity contribution in [3.63, 3.8) is 0 Å². The molecule has 1 heterocycles. The van der Waals surface area contributed by atoms with E-state index in [2.05, 4.69) is 20.6 Å². The second-order valence-corrected chi connectivity index (χ2v) is 4.81. The highest BCUT2D eigenvalue weighted by molar-refractivity contribution is 5.76. The van der Waals surface area contributed by atoms with Crippen LogP contribution in [-0.4, -0.2) is 42.7 Å². The van der Waals surface area contributed by atoms with Crippen LogP contribution in [-0.2, 0) is 9.53 Å². The Hall–Kier alpha value is -1.89. The zero-order valence-corrected chi connectivity index (χ0v) is 11.6. The Kier molecular flexibility index (Phi) is 5.11. The molecule has 0 spiro atoms. The first-order valence-electron chi connectivity index (χ1n) is 6.80. The van der Waals surface area contributed by atoms with Crippen molar-refractivity contribution >= 4 is 11.7 Å². The first-order valence-corrected chi connectivity index (χ1v) is 6.80. The molecular formula is C13H20N4O3. The number of nitrogens with zero attached hydrogens (tertiary/aromatic N) is 1. The van der Waals surface area contributed by atoms with Gasteiger partial charge in [-0.1, -0.05) is 0 Å². The van der Waals surface area contributed by atoms with Crippen molar-refractivity contribution in [3.8, 4) is 0 Å². The van der Waals surface area contributed by atoms with Gasteiger partial charge in [0, 0.05) is 38.6 Å². The number of rotatable bonds is 8. The summed E-state index contributed by atoms with van der Waals surface area (Å²) >= 11 is 0. The number of nitrogens with one attached hydrogen (secondary N) is 3. The third-order valence-electron chi connectivity index (χ3n) is 3.01. The second-order valence-electron chi connectivity index (χ2n) is 4.81. The number of aromatic nitrogens is 2. The fourth-order valence-electron chi connectivity index (χ4n) is 1.80. The number of H-pyrrole nitrogens is 1. The molecule has 0 aromatic carbocycles. The van der Waals surface area contributed by atoms with E-state index in [0.29, 0.717) is 37.9 Å². The van der Waals surface area contributed by atoms with Crippen molar-refractivity contribution in [2.45, 2.75) is 25.2 Å². The molecule has 1 aromatic rings. The lowest BCUT2D eigenvalue weighted by Crippen LogP contribution is -2.28. The third kappa shape index (κ3) is 4.65. The highest BCUT2D eigenvalue weighted by Crippen LogP contribution is 2.37. The molecule has 1 saturated carbocycles. The number of amides is 1. The molecule has 0 saturated heterocycles. The SMILES string of the molecule is COCCNC(=O)CCNc1cc(=O)[nH]c(C2CC2)n1. The van der Waals surface area contributed by atoms with Gasteiger partial charge in [0.15, 0.2) is 0 Å². The van der Waals surface area contributed by atoms with E-state index < -0.39 is 0 Å². The zero-order valence-electron chi connectivity index (χ0n) is 11.6. The maximum Gasteiger partial charge on any atom is 0.252 e. The largest absolute Gasteiger partial charge is 0.383 e. The number of carbonyl (C=O) groups is 1. The summed E-state index contributed by atoms with van der Waals surface area (Å²) in [6, 6.07) is 1.41. The molecule has 2 rings (SSSR count). The zero-order chi connectivity index (χ0) is 14.4. The Balaban J connectivity index is 1.76. The molecular weight excluding hydrogens is 260 g/mol. The number of ether oxygens (including phenoxy) is 1. The summed E-state index contributed by atoms with van der Waals surface area (Å²) in [5, 5.41) is 5.74. The van der Waals surface area contributed by atoms with Crippen LogP contribution in [0, 0.1) is 0 Å². The van der Waals surface area contributed by atoms with Gasteiger partial charge in [-0.2, -0.15) is 0 Å².